The molecule has 3 heteroatoms. The summed E-state index contributed by atoms with van der Waals surface area (Å²) in [6, 6.07) is 0. The van der Waals surface area contributed by atoms with Crippen LogP contribution in [0.1, 0.15) is 6.92 Å². The Balaban J connectivity index is 2.86. The molecule has 0 rings (SSSR count). The topological polar surface area (TPSA) is 20.2 Å². The number of aliphatic hydroxyl groups is 1. The van der Waals surface area contributed by atoms with Gasteiger partial charge in [-0.3, -0.25) is 0 Å². The van der Waals surface area contributed by atoms with Crippen LogP contribution in [0.2, 0.25) is 0 Å². The first-order valence-electron chi connectivity index (χ1n) is 2.64. The summed E-state index contributed by atoms with van der Waals surface area (Å²) in [6.07, 6.45) is 0. The van der Waals surface area contributed by atoms with Gasteiger partial charge in [0.25, 0.3) is 0 Å². The monoisotopic (exact) mass is 154 g/mol. The highest BCUT2D eigenvalue weighted by Gasteiger charge is 1.99. The van der Waals surface area contributed by atoms with Gasteiger partial charge in [0.15, 0.2) is 0 Å². The number of hydrogen-bond donors (Lipinski definition) is 1. The van der Waals surface area contributed by atoms with Gasteiger partial charge in [-0.15, -0.1) is 11.6 Å². The van der Waals surface area contributed by atoms with Crippen LogP contribution >= 0.6 is 23.4 Å². The van der Waals surface area contributed by atoms with Crippen LogP contribution in [0, 0.1) is 0 Å². The molecule has 0 saturated heterocycles. The van der Waals surface area contributed by atoms with Gasteiger partial charge in [0.2, 0.25) is 0 Å². The molecule has 50 valence electrons. The normalized spacial score (nSPS) is 13.9. The van der Waals surface area contributed by atoms with Crippen molar-refractivity contribution in [1.82, 2.24) is 0 Å². The molecule has 0 bridgehead atoms. The van der Waals surface area contributed by atoms with Gasteiger partial charge >= 0.3 is 0 Å². The second-order valence-corrected chi connectivity index (χ2v) is 3.38. The molecule has 0 aliphatic heterocycles. The van der Waals surface area contributed by atoms with E-state index in [-0.39, 0.29) is 12.0 Å². The minimum Gasteiger partial charge on any atom is -0.395 e. The molecule has 0 aliphatic carbocycles. The maximum atomic E-state index is 8.42. The Hall–Kier alpha value is 0.600. The number of halogens is 1. The second-order valence-electron chi connectivity index (χ2n) is 1.44. The molecule has 8 heavy (non-hydrogen) atoms. The molecule has 0 amide bonds. The largest absolute Gasteiger partial charge is 0.395 e. The van der Waals surface area contributed by atoms with Crippen molar-refractivity contribution >= 4 is 23.4 Å². The summed E-state index contributed by atoms with van der Waals surface area (Å²) in [5.74, 6) is 1.93. The fraction of sp³-hybridized carbons (Fsp3) is 1.00. The van der Waals surface area contributed by atoms with Crippen LogP contribution in [-0.2, 0) is 0 Å². The van der Waals surface area contributed by atoms with Crippen LogP contribution in [0.5, 0.6) is 0 Å². The van der Waals surface area contributed by atoms with Crippen molar-refractivity contribution in [3.63, 3.8) is 0 Å². The third-order valence-electron chi connectivity index (χ3n) is 0.701. The minimum absolute atomic E-state index is 0.0556. The van der Waals surface area contributed by atoms with Crippen molar-refractivity contribution < 1.29 is 5.11 Å². The number of alkyl halides is 1. The highest BCUT2D eigenvalue weighted by atomic mass is 35.5. The molecule has 0 aromatic rings. The Kier molecular flexibility index (Phi) is 6.16. The van der Waals surface area contributed by atoms with E-state index in [1.165, 1.54) is 0 Å². The van der Waals surface area contributed by atoms with Gasteiger partial charge in [-0.1, -0.05) is 6.92 Å². The lowest BCUT2D eigenvalue weighted by atomic mass is 10.5. The molecule has 0 spiro atoms. The van der Waals surface area contributed by atoms with Crippen LogP contribution in [0.4, 0.5) is 0 Å². The van der Waals surface area contributed by atoms with E-state index in [4.69, 9.17) is 16.7 Å². The zero-order valence-electron chi connectivity index (χ0n) is 4.93. The first-order valence-corrected chi connectivity index (χ1v) is 4.23. The molecule has 0 aliphatic rings. The van der Waals surface area contributed by atoms with Gasteiger partial charge in [0, 0.05) is 5.75 Å². The SMILES string of the molecule is CCSCC(Cl)CO. The molecule has 1 atom stereocenters. The molecule has 0 saturated carbocycles. The number of aliphatic hydroxyl groups excluding tert-OH is 1. The molecular weight excluding hydrogens is 144 g/mol. The molecule has 0 fully saturated rings. The van der Waals surface area contributed by atoms with Gasteiger partial charge in [-0.2, -0.15) is 11.8 Å². The van der Waals surface area contributed by atoms with E-state index in [9.17, 15) is 0 Å². The van der Waals surface area contributed by atoms with Crippen LogP contribution in [0.3, 0.4) is 0 Å². The quantitative estimate of drug-likeness (QED) is 0.617. The molecular formula is C5H11ClOS. The summed E-state index contributed by atoms with van der Waals surface area (Å²) < 4.78 is 0. The van der Waals surface area contributed by atoms with E-state index in [1.54, 1.807) is 11.8 Å². The number of thioether (sulfide) groups is 1. The highest BCUT2D eigenvalue weighted by molar-refractivity contribution is 7.99. The van der Waals surface area contributed by atoms with Gasteiger partial charge in [-0.25, -0.2) is 0 Å². The lowest BCUT2D eigenvalue weighted by molar-refractivity contribution is 0.299. The molecule has 1 unspecified atom stereocenters. The first-order chi connectivity index (χ1) is 3.81. The van der Waals surface area contributed by atoms with Crippen molar-refractivity contribution in [3.05, 3.63) is 0 Å². The Bertz CT molecular complexity index is 51.7. The van der Waals surface area contributed by atoms with E-state index >= 15 is 0 Å². The fourth-order valence-corrected chi connectivity index (χ4v) is 1.16. The van der Waals surface area contributed by atoms with Gasteiger partial charge in [-0.05, 0) is 5.75 Å². The smallest absolute Gasteiger partial charge is 0.0657 e. The van der Waals surface area contributed by atoms with Crippen LogP contribution in [0.25, 0.3) is 0 Å². The molecule has 0 aromatic carbocycles. The summed E-state index contributed by atoms with van der Waals surface area (Å²) in [6.45, 7) is 2.17. The standard InChI is InChI=1S/C5H11ClOS/c1-2-8-4-5(6)3-7/h5,7H,2-4H2,1H3. The Morgan fingerprint density at radius 3 is 2.75 bits per heavy atom. The van der Waals surface area contributed by atoms with E-state index in [0.717, 1.165) is 11.5 Å². The summed E-state index contributed by atoms with van der Waals surface area (Å²) in [5, 5.41) is 8.36. The molecule has 0 aromatic heterocycles. The van der Waals surface area contributed by atoms with E-state index in [1.807, 2.05) is 0 Å². The first kappa shape index (κ1) is 8.60. The van der Waals surface area contributed by atoms with E-state index in [2.05, 4.69) is 6.92 Å². The Labute approximate surface area is 59.4 Å². The van der Waals surface area contributed by atoms with Crippen molar-refractivity contribution in [2.24, 2.45) is 0 Å². The maximum Gasteiger partial charge on any atom is 0.0657 e. The second kappa shape index (κ2) is 5.73. The summed E-state index contributed by atoms with van der Waals surface area (Å²) in [7, 11) is 0. The summed E-state index contributed by atoms with van der Waals surface area (Å²) in [5.41, 5.74) is 0. The Morgan fingerprint density at radius 1 is 1.75 bits per heavy atom. The van der Waals surface area contributed by atoms with Gasteiger partial charge in [0.05, 0.1) is 12.0 Å². The zero-order chi connectivity index (χ0) is 6.41. The predicted octanol–water partition coefficient (Wildman–Crippen LogP) is 1.34. The number of rotatable bonds is 4. The maximum absolute atomic E-state index is 8.42. The van der Waals surface area contributed by atoms with Crippen LogP contribution in [-0.4, -0.2) is 28.6 Å². The van der Waals surface area contributed by atoms with Crippen LogP contribution < -0.4 is 0 Å². The molecule has 1 N–H and O–H groups in total. The summed E-state index contributed by atoms with van der Waals surface area (Å²) in [4.78, 5) is 0. The lowest BCUT2D eigenvalue weighted by Gasteiger charge is -2.01. The zero-order valence-corrected chi connectivity index (χ0v) is 6.50. The van der Waals surface area contributed by atoms with Gasteiger partial charge in [0.1, 0.15) is 0 Å². The van der Waals surface area contributed by atoms with Crippen molar-refractivity contribution in [1.29, 1.82) is 0 Å². The van der Waals surface area contributed by atoms with E-state index < -0.39 is 0 Å². The van der Waals surface area contributed by atoms with E-state index in [0.29, 0.717) is 0 Å². The average molecular weight is 155 g/mol. The highest BCUT2D eigenvalue weighted by Crippen LogP contribution is 2.05. The van der Waals surface area contributed by atoms with Gasteiger partial charge < -0.3 is 5.11 Å². The lowest BCUT2D eigenvalue weighted by Crippen LogP contribution is -2.07. The average Bonchev–Trinajstić information content (AvgIpc) is 1.83. The Morgan fingerprint density at radius 2 is 2.38 bits per heavy atom. The molecule has 1 nitrogen and oxygen atoms in total. The molecule has 0 radical (unpaired) electrons. The minimum atomic E-state index is -0.0556. The van der Waals surface area contributed by atoms with Crippen molar-refractivity contribution in [3.8, 4) is 0 Å². The van der Waals surface area contributed by atoms with Crippen molar-refractivity contribution in [2.45, 2.75) is 12.3 Å². The predicted molar refractivity (Wildman–Crippen MR) is 39.7 cm³/mol. The fourth-order valence-electron chi connectivity index (χ4n) is 0.298. The molecule has 0 heterocycles. The van der Waals surface area contributed by atoms with Crippen LogP contribution in [0.15, 0.2) is 0 Å². The number of hydrogen-bond acceptors (Lipinski definition) is 2. The summed E-state index contributed by atoms with van der Waals surface area (Å²) >= 11 is 7.32. The van der Waals surface area contributed by atoms with Crippen molar-refractivity contribution in [2.75, 3.05) is 18.1 Å². The third-order valence-corrected chi connectivity index (χ3v) is 2.22. The third kappa shape index (κ3) is 4.75.